The van der Waals surface area contributed by atoms with Crippen molar-refractivity contribution in [2.24, 2.45) is 0 Å². The van der Waals surface area contributed by atoms with Crippen LogP contribution in [-0.4, -0.2) is 13.2 Å². The van der Waals surface area contributed by atoms with Gasteiger partial charge in [0, 0.05) is 40.1 Å². The van der Waals surface area contributed by atoms with Crippen LogP contribution in [0.25, 0.3) is 0 Å². The zero-order valence-corrected chi connectivity index (χ0v) is 13.5. The van der Waals surface area contributed by atoms with Gasteiger partial charge in [0.05, 0.1) is 0 Å². The maximum absolute atomic E-state index is 5.47. The van der Waals surface area contributed by atoms with E-state index in [1.165, 1.54) is 0 Å². The fourth-order valence-electron chi connectivity index (χ4n) is 1.34. The minimum Gasteiger partial charge on any atom is -1.00 e. The second-order valence-electron chi connectivity index (χ2n) is 3.49. The lowest BCUT2D eigenvalue weighted by atomic mass is 10.5. The molecule has 0 aliphatic heterocycles. The van der Waals surface area contributed by atoms with Crippen LogP contribution in [0.15, 0.2) is 61.2 Å². The molecule has 0 aliphatic rings. The van der Waals surface area contributed by atoms with Crippen molar-refractivity contribution in [3.8, 4) is 0 Å². The lowest BCUT2D eigenvalue weighted by molar-refractivity contribution is -0.897. The van der Waals surface area contributed by atoms with E-state index in [2.05, 4.69) is 0 Å². The molecule has 0 saturated heterocycles. The molecule has 104 valence electrons. The van der Waals surface area contributed by atoms with E-state index in [1.54, 1.807) is 9.46 Å². The molecule has 0 bridgehead atoms. The Balaban J connectivity index is 0.00000162. The summed E-state index contributed by atoms with van der Waals surface area (Å²) in [6.07, 6.45) is 8.31. The molecule has 0 amide bonds. The number of hydrogen-bond donors (Lipinski definition) is 0. The molecule has 2 aromatic heterocycles. The standard InChI is InChI=1S/C13H16N2O2.2BrH/c1-3-8-14(9-4-1)16-12-7-13-17-15-10-5-2-6-11-15;;/h1-6,8-11H,7,12-13H2;2*1H/q+2;;/p-2. The largest absolute Gasteiger partial charge is 1.00 e. The number of rotatable bonds is 6. The molecule has 2 aromatic rings. The molecule has 0 aliphatic carbocycles. The van der Waals surface area contributed by atoms with Crippen molar-refractivity contribution in [3.63, 3.8) is 0 Å². The van der Waals surface area contributed by atoms with Gasteiger partial charge in [-0.3, -0.25) is 9.68 Å². The normalized spacial score (nSPS) is 8.84. The molecule has 0 radical (unpaired) electrons. The number of hydrogen-bond acceptors (Lipinski definition) is 2. The van der Waals surface area contributed by atoms with Crippen LogP contribution in [0.3, 0.4) is 0 Å². The van der Waals surface area contributed by atoms with Crippen molar-refractivity contribution in [1.82, 2.24) is 0 Å². The van der Waals surface area contributed by atoms with Crippen LogP contribution in [0.5, 0.6) is 0 Å². The van der Waals surface area contributed by atoms with Gasteiger partial charge in [0.15, 0.2) is 13.2 Å². The van der Waals surface area contributed by atoms with E-state index in [1.807, 2.05) is 61.2 Å². The Morgan fingerprint density at radius 1 is 0.579 bits per heavy atom. The molecule has 0 unspecified atom stereocenters. The number of aromatic nitrogens is 2. The fourth-order valence-corrected chi connectivity index (χ4v) is 1.34. The molecular formula is C13H16Br2N2O2. The Hall–Kier alpha value is -1.14. The molecule has 2 heterocycles. The number of halogens is 2. The number of nitrogens with zero attached hydrogens (tertiary/aromatic N) is 2. The van der Waals surface area contributed by atoms with Crippen LogP contribution < -0.4 is 53.1 Å². The summed E-state index contributed by atoms with van der Waals surface area (Å²) in [5.74, 6) is 0. The Bertz CT molecular complexity index is 388. The summed E-state index contributed by atoms with van der Waals surface area (Å²) < 4.78 is 3.38. The predicted molar refractivity (Wildman–Crippen MR) is 60.8 cm³/mol. The van der Waals surface area contributed by atoms with Crippen molar-refractivity contribution >= 4 is 0 Å². The lowest BCUT2D eigenvalue weighted by Crippen LogP contribution is -3.00. The molecule has 0 spiro atoms. The molecular weight excluding hydrogens is 376 g/mol. The summed E-state index contributed by atoms with van der Waals surface area (Å²) in [5, 5.41) is 0. The molecule has 19 heavy (non-hydrogen) atoms. The van der Waals surface area contributed by atoms with E-state index in [-0.39, 0.29) is 34.0 Å². The van der Waals surface area contributed by atoms with E-state index in [0.717, 1.165) is 6.42 Å². The first kappa shape index (κ1) is 17.9. The van der Waals surface area contributed by atoms with Crippen molar-refractivity contribution in [1.29, 1.82) is 0 Å². The smallest absolute Gasteiger partial charge is 0.222 e. The second kappa shape index (κ2) is 10.8. The van der Waals surface area contributed by atoms with Gasteiger partial charge in [0.1, 0.15) is 0 Å². The molecule has 0 saturated carbocycles. The highest BCUT2D eigenvalue weighted by Crippen LogP contribution is 1.79. The summed E-state index contributed by atoms with van der Waals surface area (Å²) in [6.45, 7) is 1.25. The van der Waals surface area contributed by atoms with E-state index in [9.17, 15) is 0 Å². The van der Waals surface area contributed by atoms with Crippen LogP contribution >= 0.6 is 0 Å². The predicted octanol–water partition coefficient (Wildman–Crippen LogP) is -5.78. The van der Waals surface area contributed by atoms with Gasteiger partial charge in [-0.2, -0.15) is 0 Å². The Kier molecular flexibility index (Phi) is 10.1. The molecule has 0 N–H and O–H groups in total. The molecule has 2 rings (SSSR count). The summed E-state index contributed by atoms with van der Waals surface area (Å²) in [6, 6.07) is 11.6. The maximum atomic E-state index is 5.47. The third-order valence-electron chi connectivity index (χ3n) is 2.15. The van der Waals surface area contributed by atoms with Gasteiger partial charge in [0.2, 0.25) is 24.8 Å². The topological polar surface area (TPSA) is 26.2 Å². The molecule has 4 nitrogen and oxygen atoms in total. The van der Waals surface area contributed by atoms with E-state index < -0.39 is 0 Å². The molecule has 0 atom stereocenters. The van der Waals surface area contributed by atoms with E-state index in [0.29, 0.717) is 13.2 Å². The Morgan fingerprint density at radius 2 is 0.947 bits per heavy atom. The van der Waals surface area contributed by atoms with Gasteiger partial charge < -0.3 is 34.0 Å². The molecule has 0 fully saturated rings. The maximum Gasteiger partial charge on any atom is 0.222 e. The van der Waals surface area contributed by atoms with Gasteiger partial charge in [0.25, 0.3) is 0 Å². The first-order valence-electron chi connectivity index (χ1n) is 5.64. The van der Waals surface area contributed by atoms with E-state index in [4.69, 9.17) is 9.68 Å². The molecule has 0 aromatic carbocycles. The quantitative estimate of drug-likeness (QED) is 0.362. The van der Waals surface area contributed by atoms with Gasteiger partial charge in [-0.05, 0) is 0 Å². The third kappa shape index (κ3) is 7.12. The van der Waals surface area contributed by atoms with Gasteiger partial charge in [-0.25, -0.2) is 0 Å². The van der Waals surface area contributed by atoms with Crippen LogP contribution in [0.2, 0.25) is 0 Å². The average molecular weight is 392 g/mol. The van der Waals surface area contributed by atoms with Gasteiger partial charge >= 0.3 is 0 Å². The minimum absolute atomic E-state index is 0. The summed E-state index contributed by atoms with van der Waals surface area (Å²) in [4.78, 5) is 10.9. The zero-order valence-electron chi connectivity index (χ0n) is 10.4. The highest BCUT2D eigenvalue weighted by atomic mass is 79.9. The van der Waals surface area contributed by atoms with Crippen LogP contribution in [0.1, 0.15) is 6.42 Å². The SMILES string of the molecule is [Br-].[Br-].c1cc[n+](OCCCO[n+]2ccccc2)cc1. The van der Waals surface area contributed by atoms with Crippen LogP contribution in [0, 0.1) is 0 Å². The fraction of sp³-hybridized carbons (Fsp3) is 0.231. The summed E-state index contributed by atoms with van der Waals surface area (Å²) >= 11 is 0. The minimum atomic E-state index is 0. The van der Waals surface area contributed by atoms with Crippen LogP contribution in [-0.2, 0) is 0 Å². The first-order chi connectivity index (χ1) is 8.45. The first-order valence-corrected chi connectivity index (χ1v) is 5.64. The Labute approximate surface area is 134 Å². The van der Waals surface area contributed by atoms with Crippen molar-refractivity contribution in [3.05, 3.63) is 61.2 Å². The highest BCUT2D eigenvalue weighted by Gasteiger charge is 2.01. The van der Waals surface area contributed by atoms with Crippen LogP contribution in [0.4, 0.5) is 0 Å². The molecule has 6 heteroatoms. The highest BCUT2D eigenvalue weighted by molar-refractivity contribution is 4.83. The van der Waals surface area contributed by atoms with Crippen molar-refractivity contribution in [2.75, 3.05) is 13.2 Å². The van der Waals surface area contributed by atoms with Crippen molar-refractivity contribution < 1.29 is 53.1 Å². The summed E-state index contributed by atoms with van der Waals surface area (Å²) in [7, 11) is 0. The van der Waals surface area contributed by atoms with Crippen molar-refractivity contribution in [2.45, 2.75) is 6.42 Å². The second-order valence-corrected chi connectivity index (χ2v) is 3.49. The van der Waals surface area contributed by atoms with E-state index >= 15 is 0 Å². The zero-order chi connectivity index (χ0) is 11.8. The van der Waals surface area contributed by atoms with Gasteiger partial charge in [-0.15, -0.1) is 0 Å². The monoisotopic (exact) mass is 390 g/mol. The average Bonchev–Trinajstić information content (AvgIpc) is 2.41. The van der Waals surface area contributed by atoms with Gasteiger partial charge in [-0.1, -0.05) is 12.1 Å². The summed E-state index contributed by atoms with van der Waals surface area (Å²) in [5.41, 5.74) is 0. The lowest BCUT2D eigenvalue weighted by Gasteiger charge is -1.98. The Morgan fingerprint density at radius 3 is 1.32 bits per heavy atom. The number of pyridine rings is 2. The third-order valence-corrected chi connectivity index (χ3v) is 2.15.